The number of amides is 2. The van der Waals surface area contributed by atoms with Gasteiger partial charge in [-0.3, -0.25) is 0 Å². The normalized spacial score (nSPS) is 28.1. The van der Waals surface area contributed by atoms with Gasteiger partial charge in [0.1, 0.15) is 6.04 Å². The molecule has 6 heteroatoms. The molecule has 6 nitrogen and oxygen atoms in total. The lowest BCUT2D eigenvalue weighted by atomic mass is 9.84. The van der Waals surface area contributed by atoms with Crippen LogP contribution in [0, 0.1) is 11.8 Å². The van der Waals surface area contributed by atoms with E-state index in [0.717, 1.165) is 25.9 Å². The van der Waals surface area contributed by atoms with E-state index in [0.29, 0.717) is 18.5 Å². The van der Waals surface area contributed by atoms with Gasteiger partial charge in [0.15, 0.2) is 0 Å². The Morgan fingerprint density at radius 2 is 1.95 bits per heavy atom. The van der Waals surface area contributed by atoms with Crippen molar-refractivity contribution in [1.29, 1.82) is 0 Å². The summed E-state index contributed by atoms with van der Waals surface area (Å²) in [6.45, 7) is 6.21. The molecule has 0 aromatic carbocycles. The molecular weight excluding hydrogens is 270 g/mol. The molecule has 0 aromatic heterocycles. The largest absolute Gasteiger partial charge is 0.480 e. The van der Waals surface area contributed by atoms with Gasteiger partial charge in [-0.15, -0.1) is 0 Å². The Kier molecular flexibility index (Phi) is 5.08. The van der Waals surface area contributed by atoms with Gasteiger partial charge in [0.05, 0.1) is 0 Å². The van der Waals surface area contributed by atoms with Crippen LogP contribution in [0.5, 0.6) is 0 Å². The summed E-state index contributed by atoms with van der Waals surface area (Å²) in [5.74, 6) is -0.569. The Balaban J connectivity index is 1.93. The van der Waals surface area contributed by atoms with Crippen LogP contribution in [0.2, 0.25) is 0 Å². The number of nitrogens with zero attached hydrogens (tertiary/aromatic N) is 2. The lowest BCUT2D eigenvalue weighted by molar-refractivity contribution is -0.140. The van der Waals surface area contributed by atoms with Gasteiger partial charge < -0.3 is 20.2 Å². The second-order valence-electron chi connectivity index (χ2n) is 6.69. The number of fused-ring (bicyclic) bond motifs is 1. The second kappa shape index (κ2) is 6.64. The summed E-state index contributed by atoms with van der Waals surface area (Å²) in [5, 5.41) is 11.8. The van der Waals surface area contributed by atoms with Gasteiger partial charge in [-0.1, -0.05) is 13.8 Å². The fourth-order valence-electron chi connectivity index (χ4n) is 3.57. The Labute approximate surface area is 126 Å². The van der Waals surface area contributed by atoms with Gasteiger partial charge in [-0.25, -0.2) is 9.59 Å². The summed E-state index contributed by atoms with van der Waals surface area (Å²) in [5.41, 5.74) is 0. The number of hydrogen-bond donors (Lipinski definition) is 2. The van der Waals surface area contributed by atoms with Crippen molar-refractivity contribution in [3.05, 3.63) is 0 Å². The average Bonchev–Trinajstić information content (AvgIpc) is 2.43. The molecular formula is C15H27N3O3. The number of urea groups is 1. The minimum Gasteiger partial charge on any atom is -0.480 e. The van der Waals surface area contributed by atoms with Crippen LogP contribution in [0.1, 0.15) is 33.1 Å². The van der Waals surface area contributed by atoms with E-state index in [1.54, 1.807) is 18.7 Å². The van der Waals surface area contributed by atoms with Crippen molar-refractivity contribution in [2.24, 2.45) is 11.8 Å². The molecule has 2 unspecified atom stereocenters. The van der Waals surface area contributed by atoms with Gasteiger partial charge in [0.25, 0.3) is 0 Å². The zero-order chi connectivity index (χ0) is 15.6. The van der Waals surface area contributed by atoms with E-state index >= 15 is 0 Å². The molecule has 0 saturated carbocycles. The molecule has 2 heterocycles. The molecule has 0 spiro atoms. The van der Waals surface area contributed by atoms with Crippen molar-refractivity contribution in [2.45, 2.75) is 45.2 Å². The molecule has 2 N–H and O–H groups in total. The number of carbonyl (C=O) groups excluding carboxylic acids is 1. The summed E-state index contributed by atoms with van der Waals surface area (Å²) >= 11 is 0. The van der Waals surface area contributed by atoms with Crippen molar-refractivity contribution in [3.63, 3.8) is 0 Å². The third kappa shape index (κ3) is 3.67. The number of piperidine rings is 2. The minimum atomic E-state index is -0.967. The van der Waals surface area contributed by atoms with E-state index in [1.807, 2.05) is 0 Å². The van der Waals surface area contributed by atoms with Gasteiger partial charge in [0.2, 0.25) is 0 Å². The maximum absolute atomic E-state index is 12.3. The number of carbonyl (C=O) groups is 2. The molecule has 0 bridgehead atoms. The van der Waals surface area contributed by atoms with E-state index in [4.69, 9.17) is 0 Å². The first-order chi connectivity index (χ1) is 9.90. The maximum atomic E-state index is 12.3. The molecule has 2 saturated heterocycles. The SMILES string of the molecule is CC(C)[C@H](NC(=O)N1CCC2C(CCCN2C)C1)C(=O)O. The van der Waals surface area contributed by atoms with Crippen LogP contribution in [0.25, 0.3) is 0 Å². The molecule has 0 radical (unpaired) electrons. The van der Waals surface area contributed by atoms with Crippen LogP contribution in [0.3, 0.4) is 0 Å². The molecule has 21 heavy (non-hydrogen) atoms. The molecule has 120 valence electrons. The third-order valence-corrected chi connectivity index (χ3v) is 4.84. The highest BCUT2D eigenvalue weighted by Gasteiger charge is 2.36. The predicted octanol–water partition coefficient (Wildman–Crippen LogP) is 1.22. The Morgan fingerprint density at radius 3 is 2.57 bits per heavy atom. The van der Waals surface area contributed by atoms with Crippen LogP contribution in [0.4, 0.5) is 4.79 Å². The quantitative estimate of drug-likeness (QED) is 0.821. The molecule has 2 aliphatic heterocycles. The van der Waals surface area contributed by atoms with Crippen LogP contribution >= 0.6 is 0 Å². The standard InChI is InChI=1S/C15H27N3O3/c1-10(2)13(14(19)20)16-15(21)18-8-6-12-11(9-18)5-4-7-17(12)3/h10-13H,4-9H2,1-3H3,(H,16,21)(H,19,20)/t11?,12?,13-/m0/s1. The first kappa shape index (κ1) is 16.1. The lowest BCUT2D eigenvalue weighted by Crippen LogP contribution is -2.57. The van der Waals surface area contributed by atoms with Crippen LogP contribution < -0.4 is 5.32 Å². The highest BCUT2D eigenvalue weighted by atomic mass is 16.4. The fourth-order valence-corrected chi connectivity index (χ4v) is 3.57. The number of aliphatic carboxylic acids is 1. The highest BCUT2D eigenvalue weighted by Crippen LogP contribution is 2.29. The van der Waals surface area contributed by atoms with E-state index < -0.39 is 12.0 Å². The number of likely N-dealkylation sites (tertiary alicyclic amines) is 2. The van der Waals surface area contributed by atoms with Crippen molar-refractivity contribution >= 4 is 12.0 Å². The molecule has 2 rings (SSSR count). The summed E-state index contributed by atoms with van der Waals surface area (Å²) < 4.78 is 0. The minimum absolute atomic E-state index is 0.121. The first-order valence-corrected chi connectivity index (χ1v) is 7.88. The number of hydrogen-bond acceptors (Lipinski definition) is 3. The molecule has 0 aliphatic carbocycles. The van der Waals surface area contributed by atoms with Crippen LogP contribution in [-0.2, 0) is 4.79 Å². The van der Waals surface area contributed by atoms with E-state index in [9.17, 15) is 14.7 Å². The summed E-state index contributed by atoms with van der Waals surface area (Å²) in [6, 6.07) is -0.477. The maximum Gasteiger partial charge on any atom is 0.326 e. The number of rotatable bonds is 3. The number of carboxylic acid groups (broad SMARTS) is 1. The van der Waals surface area contributed by atoms with Gasteiger partial charge in [-0.05, 0) is 44.7 Å². The number of nitrogens with one attached hydrogen (secondary N) is 1. The monoisotopic (exact) mass is 297 g/mol. The molecule has 2 aliphatic rings. The Hall–Kier alpha value is -1.30. The topological polar surface area (TPSA) is 72.9 Å². The van der Waals surface area contributed by atoms with E-state index in [-0.39, 0.29) is 11.9 Å². The second-order valence-corrected chi connectivity index (χ2v) is 6.69. The van der Waals surface area contributed by atoms with Crippen molar-refractivity contribution < 1.29 is 14.7 Å². The van der Waals surface area contributed by atoms with Crippen LogP contribution in [-0.4, -0.2) is 65.7 Å². The summed E-state index contributed by atoms with van der Waals surface area (Å²) in [7, 11) is 2.16. The van der Waals surface area contributed by atoms with Gasteiger partial charge in [-0.2, -0.15) is 0 Å². The number of carboxylic acids is 1. The predicted molar refractivity (Wildman–Crippen MR) is 80.1 cm³/mol. The summed E-state index contributed by atoms with van der Waals surface area (Å²) in [6.07, 6.45) is 3.32. The smallest absolute Gasteiger partial charge is 0.326 e. The zero-order valence-corrected chi connectivity index (χ0v) is 13.2. The first-order valence-electron chi connectivity index (χ1n) is 7.88. The average molecular weight is 297 g/mol. The van der Waals surface area contributed by atoms with Crippen molar-refractivity contribution in [3.8, 4) is 0 Å². The fraction of sp³-hybridized carbons (Fsp3) is 0.867. The summed E-state index contributed by atoms with van der Waals surface area (Å²) in [4.78, 5) is 27.7. The molecule has 2 amide bonds. The Morgan fingerprint density at radius 1 is 1.24 bits per heavy atom. The van der Waals surface area contributed by atoms with E-state index in [2.05, 4.69) is 17.3 Å². The van der Waals surface area contributed by atoms with Crippen molar-refractivity contribution in [1.82, 2.24) is 15.1 Å². The van der Waals surface area contributed by atoms with Gasteiger partial charge in [0, 0.05) is 19.1 Å². The van der Waals surface area contributed by atoms with Gasteiger partial charge >= 0.3 is 12.0 Å². The molecule has 2 fully saturated rings. The van der Waals surface area contributed by atoms with E-state index in [1.165, 1.54) is 6.42 Å². The Bertz CT molecular complexity index is 400. The molecule has 0 aromatic rings. The lowest BCUT2D eigenvalue weighted by Gasteiger charge is -2.46. The van der Waals surface area contributed by atoms with Crippen LogP contribution in [0.15, 0.2) is 0 Å². The van der Waals surface area contributed by atoms with Crippen molar-refractivity contribution in [2.75, 3.05) is 26.7 Å². The molecule has 3 atom stereocenters. The highest BCUT2D eigenvalue weighted by molar-refractivity contribution is 5.82. The zero-order valence-electron chi connectivity index (χ0n) is 13.2. The third-order valence-electron chi connectivity index (χ3n) is 4.84.